The van der Waals surface area contributed by atoms with E-state index in [1.165, 1.54) is 29.0 Å². The first-order valence-corrected chi connectivity index (χ1v) is 11.7. The number of nitrogens with zero attached hydrogens (tertiary/aromatic N) is 1. The molecule has 0 bridgehead atoms. The lowest BCUT2D eigenvalue weighted by atomic mass is 10.2. The van der Waals surface area contributed by atoms with Crippen LogP contribution < -0.4 is 5.32 Å². The normalized spacial score (nSPS) is 12.1. The molecule has 176 valence electrons. The fourth-order valence-corrected chi connectivity index (χ4v) is 5.18. The average molecular weight is 490 g/mol. The standard InChI is InChI=1S/C24H18F4N2O3S/c25-20-7-3-1-5-16(20)15-34(32,33)22-13-30(21-8-4-2-6-19(21)22)14-23(31)29-18-11-9-17(10-12-18)24(26,27)28/h1-13H,14-15H2,(H,29,31). The van der Waals surface area contributed by atoms with E-state index in [0.717, 1.165) is 24.3 Å². The van der Waals surface area contributed by atoms with Gasteiger partial charge in [-0.25, -0.2) is 12.8 Å². The number of hydrogen-bond donors (Lipinski definition) is 1. The fourth-order valence-electron chi connectivity index (χ4n) is 3.59. The number of benzene rings is 3. The highest BCUT2D eigenvalue weighted by Crippen LogP contribution is 2.30. The van der Waals surface area contributed by atoms with Gasteiger partial charge in [-0.05, 0) is 36.4 Å². The lowest BCUT2D eigenvalue weighted by Gasteiger charge is -2.09. The van der Waals surface area contributed by atoms with Gasteiger partial charge >= 0.3 is 6.18 Å². The van der Waals surface area contributed by atoms with Crippen LogP contribution in [0.4, 0.5) is 23.2 Å². The van der Waals surface area contributed by atoms with E-state index in [0.29, 0.717) is 10.9 Å². The summed E-state index contributed by atoms with van der Waals surface area (Å²) >= 11 is 0. The minimum absolute atomic E-state index is 0.0272. The molecule has 4 aromatic rings. The Hall–Kier alpha value is -3.66. The van der Waals surface area contributed by atoms with Crippen LogP contribution >= 0.6 is 0 Å². The molecule has 0 aliphatic rings. The van der Waals surface area contributed by atoms with Gasteiger partial charge in [0.25, 0.3) is 0 Å². The van der Waals surface area contributed by atoms with E-state index in [2.05, 4.69) is 5.32 Å². The number of carbonyl (C=O) groups excluding carboxylic acids is 1. The minimum Gasteiger partial charge on any atom is -0.337 e. The molecule has 0 radical (unpaired) electrons. The van der Waals surface area contributed by atoms with E-state index >= 15 is 0 Å². The summed E-state index contributed by atoms with van der Waals surface area (Å²) in [5, 5.41) is 2.88. The molecule has 1 aromatic heterocycles. The number of nitrogens with one attached hydrogen (secondary N) is 1. The highest BCUT2D eigenvalue weighted by Gasteiger charge is 2.30. The maximum atomic E-state index is 14.0. The van der Waals surface area contributed by atoms with Crippen molar-refractivity contribution >= 4 is 32.3 Å². The summed E-state index contributed by atoms with van der Waals surface area (Å²) in [5.74, 6) is -1.74. The molecule has 0 fully saturated rings. The van der Waals surface area contributed by atoms with E-state index in [4.69, 9.17) is 0 Å². The van der Waals surface area contributed by atoms with Gasteiger partial charge in [0.05, 0.1) is 16.2 Å². The second-order valence-corrected chi connectivity index (χ2v) is 9.57. The molecule has 0 saturated heterocycles. The van der Waals surface area contributed by atoms with Gasteiger partial charge in [-0.3, -0.25) is 4.79 Å². The van der Waals surface area contributed by atoms with Crippen molar-refractivity contribution < 1.29 is 30.8 Å². The molecule has 34 heavy (non-hydrogen) atoms. The number of alkyl halides is 3. The average Bonchev–Trinajstić information content (AvgIpc) is 3.14. The number of hydrogen-bond acceptors (Lipinski definition) is 3. The monoisotopic (exact) mass is 490 g/mol. The Morgan fingerprint density at radius 3 is 2.24 bits per heavy atom. The van der Waals surface area contributed by atoms with Gasteiger partial charge < -0.3 is 9.88 Å². The van der Waals surface area contributed by atoms with Crippen LogP contribution in [0.3, 0.4) is 0 Å². The zero-order valence-corrected chi connectivity index (χ0v) is 18.3. The Balaban J connectivity index is 1.59. The molecular weight excluding hydrogens is 472 g/mol. The highest BCUT2D eigenvalue weighted by molar-refractivity contribution is 7.90. The van der Waals surface area contributed by atoms with E-state index in [9.17, 15) is 30.8 Å². The maximum absolute atomic E-state index is 14.0. The molecule has 4 rings (SSSR count). The third-order valence-corrected chi connectivity index (χ3v) is 6.89. The number of aromatic nitrogens is 1. The number of halogens is 4. The van der Waals surface area contributed by atoms with Crippen LogP contribution in [0.2, 0.25) is 0 Å². The van der Waals surface area contributed by atoms with Gasteiger partial charge in [-0.15, -0.1) is 0 Å². The number of anilines is 1. The largest absolute Gasteiger partial charge is 0.416 e. The number of para-hydroxylation sites is 1. The Morgan fingerprint density at radius 2 is 1.56 bits per heavy atom. The van der Waals surface area contributed by atoms with Crippen LogP contribution in [0.25, 0.3) is 10.9 Å². The zero-order valence-electron chi connectivity index (χ0n) is 17.5. The number of fused-ring (bicyclic) bond motifs is 1. The van der Waals surface area contributed by atoms with Crippen molar-refractivity contribution in [1.82, 2.24) is 4.57 Å². The van der Waals surface area contributed by atoms with E-state index in [1.54, 1.807) is 30.3 Å². The van der Waals surface area contributed by atoms with Crippen molar-refractivity contribution in [2.45, 2.75) is 23.4 Å². The van der Waals surface area contributed by atoms with Crippen molar-refractivity contribution in [2.75, 3.05) is 5.32 Å². The van der Waals surface area contributed by atoms with Crippen LogP contribution in [-0.4, -0.2) is 18.9 Å². The van der Waals surface area contributed by atoms with Crippen LogP contribution in [0.15, 0.2) is 83.9 Å². The third-order valence-electron chi connectivity index (χ3n) is 5.20. The lowest BCUT2D eigenvalue weighted by Crippen LogP contribution is -2.18. The molecule has 3 aromatic carbocycles. The molecule has 10 heteroatoms. The number of amides is 1. The second-order valence-electron chi connectivity index (χ2n) is 7.61. The molecule has 0 unspecified atom stereocenters. The summed E-state index contributed by atoms with van der Waals surface area (Å²) in [6, 6.07) is 16.1. The van der Waals surface area contributed by atoms with Gasteiger partial charge in [-0.1, -0.05) is 36.4 Å². The lowest BCUT2D eigenvalue weighted by molar-refractivity contribution is -0.137. The van der Waals surface area contributed by atoms with Crippen molar-refractivity contribution in [3.8, 4) is 0 Å². The molecule has 0 spiro atoms. The first-order chi connectivity index (χ1) is 16.0. The van der Waals surface area contributed by atoms with Gasteiger partial charge in [0.2, 0.25) is 5.91 Å². The quantitative estimate of drug-likeness (QED) is 0.368. The van der Waals surface area contributed by atoms with Crippen molar-refractivity contribution in [1.29, 1.82) is 0 Å². The second kappa shape index (κ2) is 8.94. The fraction of sp³-hybridized carbons (Fsp3) is 0.125. The Bertz CT molecular complexity index is 1460. The molecule has 0 aliphatic carbocycles. The SMILES string of the molecule is O=C(Cn1cc(S(=O)(=O)Cc2ccccc2F)c2ccccc21)Nc1ccc(C(F)(F)F)cc1. The molecule has 1 amide bonds. The highest BCUT2D eigenvalue weighted by atomic mass is 32.2. The molecule has 5 nitrogen and oxygen atoms in total. The first-order valence-electron chi connectivity index (χ1n) is 10.1. The number of carbonyl (C=O) groups is 1. The Morgan fingerprint density at radius 1 is 0.912 bits per heavy atom. The minimum atomic E-state index is -4.49. The molecule has 1 heterocycles. The summed E-state index contributed by atoms with van der Waals surface area (Å²) in [7, 11) is -3.95. The van der Waals surface area contributed by atoms with Gasteiger partial charge in [0, 0.05) is 28.4 Å². The summed E-state index contributed by atoms with van der Waals surface area (Å²) in [6.07, 6.45) is -3.18. The maximum Gasteiger partial charge on any atom is 0.416 e. The summed E-state index contributed by atoms with van der Waals surface area (Å²) < 4.78 is 79.8. The molecule has 0 saturated carbocycles. The third kappa shape index (κ3) is 4.96. The van der Waals surface area contributed by atoms with Gasteiger partial charge in [0.15, 0.2) is 9.84 Å². The van der Waals surface area contributed by atoms with Gasteiger partial charge in [-0.2, -0.15) is 13.2 Å². The van der Waals surface area contributed by atoms with Gasteiger partial charge in [0.1, 0.15) is 12.4 Å². The molecular formula is C24H18F4N2O3S. The van der Waals surface area contributed by atoms with Crippen LogP contribution in [0.1, 0.15) is 11.1 Å². The van der Waals surface area contributed by atoms with Crippen molar-refractivity contribution in [3.05, 3.63) is 95.9 Å². The Labute approximate surface area is 192 Å². The Kier molecular flexibility index (Phi) is 6.18. The van der Waals surface area contributed by atoms with Crippen LogP contribution in [-0.2, 0) is 33.1 Å². The molecule has 0 atom stereocenters. The van der Waals surface area contributed by atoms with E-state index in [-0.39, 0.29) is 22.7 Å². The van der Waals surface area contributed by atoms with Crippen LogP contribution in [0.5, 0.6) is 0 Å². The van der Waals surface area contributed by atoms with Crippen LogP contribution in [0, 0.1) is 5.82 Å². The first kappa shape index (κ1) is 23.5. The van der Waals surface area contributed by atoms with Crippen molar-refractivity contribution in [3.63, 3.8) is 0 Å². The topological polar surface area (TPSA) is 68.2 Å². The summed E-state index contributed by atoms with van der Waals surface area (Å²) in [5.41, 5.74) is -0.176. The smallest absolute Gasteiger partial charge is 0.337 e. The molecule has 0 aliphatic heterocycles. The number of sulfone groups is 1. The summed E-state index contributed by atoms with van der Waals surface area (Å²) in [6.45, 7) is -0.281. The van der Waals surface area contributed by atoms with E-state index < -0.39 is 39.1 Å². The number of rotatable bonds is 6. The zero-order chi connectivity index (χ0) is 24.5. The van der Waals surface area contributed by atoms with Crippen molar-refractivity contribution in [2.24, 2.45) is 0 Å². The summed E-state index contributed by atoms with van der Waals surface area (Å²) in [4.78, 5) is 12.5. The van der Waals surface area contributed by atoms with E-state index in [1.807, 2.05) is 0 Å². The molecule has 1 N–H and O–H groups in total. The predicted molar refractivity (Wildman–Crippen MR) is 119 cm³/mol. The predicted octanol–water partition coefficient (Wildman–Crippen LogP) is 5.41.